The van der Waals surface area contributed by atoms with Gasteiger partial charge in [0, 0.05) is 84.2 Å². The van der Waals surface area contributed by atoms with Crippen LogP contribution in [0.25, 0.3) is 93.9 Å². The van der Waals surface area contributed by atoms with E-state index in [9.17, 15) is 0 Å². The lowest BCUT2D eigenvalue weighted by atomic mass is 9.30. The molecule has 0 N–H and O–H groups in total. The van der Waals surface area contributed by atoms with Crippen LogP contribution in [0.15, 0.2) is 388 Å². The molecule has 0 amide bonds. The number of nitrogens with zero attached hydrogens (tertiary/aromatic N) is 5. The highest BCUT2D eigenvalue weighted by Crippen LogP contribution is 2.65. The van der Waals surface area contributed by atoms with Crippen LogP contribution in [0.5, 0.6) is 0 Å². The van der Waals surface area contributed by atoms with Gasteiger partial charge in [-0.1, -0.05) is 335 Å². The quantitative estimate of drug-likeness (QED) is 0.141. The first-order chi connectivity index (χ1) is 61.4. The van der Waals surface area contributed by atoms with E-state index in [4.69, 9.17) is 0 Å². The standard InChI is InChI=1S/C119H91B2N5/c1-116(2,3)78-59-62-102-93(66-78)94-67-79(117(4,5)6)60-63-103(94)124(102)84-70-109-112-110(71-84)126(114-91(74-36-15-10-16-37-74)68-80(118(7,8)9)69-92(114)75-38-17-11-18-39-75)105-57-34-32-55-99(105)120(112)100-72-101-107(73-106(100)123(109)82-42-21-13-22-43-82)122(81-40-19-12-20-41-81)108-65-77-64-76(58-61-86(77)115-113(108)121(101)98-54-31-33-56-104(98)125(115)83-44-23-14-24-45-83)85-49-35-50-90-89-48-27-30-53-97(89)119(111(85)90)95-51-28-25-46-87(95)88-47-26-29-52-96(88)119/h10-73H,1-9H3. The summed E-state index contributed by atoms with van der Waals surface area (Å²) >= 11 is 0. The third-order valence-electron chi connectivity index (χ3n) is 28.5. The maximum atomic E-state index is 2.71. The van der Waals surface area contributed by atoms with Crippen LogP contribution in [0.4, 0.5) is 68.2 Å². The van der Waals surface area contributed by atoms with E-state index >= 15 is 0 Å². The molecule has 2 aliphatic carbocycles. The highest BCUT2D eigenvalue weighted by molar-refractivity contribution is 7.03. The fourth-order valence-electron chi connectivity index (χ4n) is 22.9. The van der Waals surface area contributed by atoms with Crippen molar-refractivity contribution in [2.45, 2.75) is 84.0 Å². The summed E-state index contributed by atoms with van der Waals surface area (Å²) in [5.41, 5.74) is 45.0. The zero-order chi connectivity index (χ0) is 84.5. The van der Waals surface area contributed by atoms with Crippen LogP contribution >= 0.6 is 0 Å². The van der Waals surface area contributed by atoms with Crippen LogP contribution < -0.4 is 52.4 Å². The molecule has 0 fully saturated rings. The van der Waals surface area contributed by atoms with E-state index in [1.54, 1.807) is 0 Å². The number of benzene rings is 18. The average molecular weight is 1610 g/mol. The molecule has 1 aromatic heterocycles. The fraction of sp³-hybridized carbons (Fsp3) is 0.109. The Hall–Kier alpha value is -14.7. The van der Waals surface area contributed by atoms with Crippen molar-refractivity contribution in [3.8, 4) is 61.3 Å². The zero-order valence-electron chi connectivity index (χ0n) is 72.3. The van der Waals surface area contributed by atoms with Gasteiger partial charge in [0.15, 0.2) is 0 Å². The topological polar surface area (TPSA) is 17.9 Å². The lowest BCUT2D eigenvalue weighted by molar-refractivity contribution is 0.590. The summed E-state index contributed by atoms with van der Waals surface area (Å²) in [4.78, 5) is 10.6. The minimum absolute atomic E-state index is 0.0967. The molecule has 598 valence electrons. The van der Waals surface area contributed by atoms with Gasteiger partial charge in [-0.2, -0.15) is 0 Å². The van der Waals surface area contributed by atoms with E-state index in [0.717, 1.165) is 79.1 Å². The third kappa shape index (κ3) is 10.6. The Bertz CT molecular complexity index is 7610. The number of rotatable bonds is 8. The SMILES string of the molecule is CC(C)(C)c1cc(-c2ccccc2)c(N2c3ccccc3B3c4cc5c(cc4N(c4ccccc4)c4cc(-n6c7ccc(C(C)(C)C)cc7c7cc(C(C)(C)C)ccc76)cc2c43)N(c2ccccc2)c2cc3cc(-c4cccc6c4C4(c7ccccc7-c7ccccc74)c4ccccc4-6)ccc3c3c2B5c2ccccc2N3c2ccccc2)c(-c2ccccc2)c1. The zero-order valence-corrected chi connectivity index (χ0v) is 72.3. The lowest BCUT2D eigenvalue weighted by Gasteiger charge is -2.48. The van der Waals surface area contributed by atoms with E-state index in [1.165, 1.54) is 155 Å². The number of hydrogen-bond acceptors (Lipinski definition) is 4. The average Bonchev–Trinajstić information content (AvgIpc) is 1.61. The van der Waals surface area contributed by atoms with Gasteiger partial charge in [0.05, 0.1) is 33.5 Å². The molecule has 5 heterocycles. The van der Waals surface area contributed by atoms with Crippen LogP contribution in [0, 0.1) is 0 Å². The van der Waals surface area contributed by atoms with Gasteiger partial charge in [0.25, 0.3) is 13.4 Å². The number of para-hydroxylation sites is 5. The van der Waals surface area contributed by atoms with Crippen molar-refractivity contribution in [1.82, 2.24) is 4.57 Å². The van der Waals surface area contributed by atoms with Gasteiger partial charge >= 0.3 is 0 Å². The Morgan fingerprint density at radius 1 is 0.230 bits per heavy atom. The summed E-state index contributed by atoms with van der Waals surface area (Å²) in [6.45, 7) is 20.7. The number of anilines is 12. The maximum absolute atomic E-state index is 2.71. The van der Waals surface area contributed by atoms with Crippen molar-refractivity contribution in [3.05, 3.63) is 427 Å². The summed E-state index contributed by atoms with van der Waals surface area (Å²) in [5, 5.41) is 4.84. The molecule has 0 atom stereocenters. The minimum atomic E-state index is -0.551. The number of hydrogen-bond donors (Lipinski definition) is 0. The molecule has 25 rings (SSSR count). The molecule has 0 saturated carbocycles. The normalized spacial score (nSPS) is 14.0. The van der Waals surface area contributed by atoms with Gasteiger partial charge < -0.3 is 24.2 Å². The smallest absolute Gasteiger partial charge is 0.252 e. The van der Waals surface area contributed by atoms with Crippen molar-refractivity contribution in [3.63, 3.8) is 0 Å². The second-order valence-corrected chi connectivity index (χ2v) is 38.6. The van der Waals surface area contributed by atoms with Gasteiger partial charge in [-0.25, -0.2) is 0 Å². The van der Waals surface area contributed by atoms with Crippen molar-refractivity contribution < 1.29 is 0 Å². The lowest BCUT2D eigenvalue weighted by Crippen LogP contribution is -2.65. The first-order valence-corrected chi connectivity index (χ1v) is 44.8. The molecule has 4 aliphatic heterocycles. The summed E-state index contributed by atoms with van der Waals surface area (Å²) in [5.74, 6) is 0. The predicted octanol–water partition coefficient (Wildman–Crippen LogP) is 27.3. The third-order valence-corrected chi connectivity index (χ3v) is 28.5. The van der Waals surface area contributed by atoms with Gasteiger partial charge in [0.1, 0.15) is 0 Å². The van der Waals surface area contributed by atoms with Crippen LogP contribution in [-0.4, -0.2) is 18.0 Å². The van der Waals surface area contributed by atoms with Crippen molar-refractivity contribution in [2.75, 3.05) is 19.6 Å². The van der Waals surface area contributed by atoms with Gasteiger partial charge in [-0.3, -0.25) is 0 Å². The van der Waals surface area contributed by atoms with Gasteiger partial charge in [0.2, 0.25) is 0 Å². The fourth-order valence-corrected chi connectivity index (χ4v) is 22.9. The minimum Gasteiger partial charge on any atom is -0.311 e. The molecule has 0 saturated heterocycles. The molecule has 19 aromatic rings. The first-order valence-electron chi connectivity index (χ1n) is 44.8. The summed E-state index contributed by atoms with van der Waals surface area (Å²) < 4.78 is 2.61. The monoisotopic (exact) mass is 1610 g/mol. The van der Waals surface area contributed by atoms with Crippen LogP contribution in [-0.2, 0) is 21.7 Å². The summed E-state index contributed by atoms with van der Waals surface area (Å²) in [7, 11) is 0. The molecule has 126 heavy (non-hydrogen) atoms. The summed E-state index contributed by atoms with van der Waals surface area (Å²) in [6.07, 6.45) is 0. The van der Waals surface area contributed by atoms with E-state index in [2.05, 4.69) is 475 Å². The second kappa shape index (κ2) is 27.2. The first kappa shape index (κ1) is 74.0. The number of fused-ring (bicyclic) bond motifs is 23. The molecule has 1 spiro atoms. The Kier molecular flexibility index (Phi) is 16.0. The molecule has 18 aromatic carbocycles. The molecule has 0 bridgehead atoms. The Balaban J connectivity index is 0.793. The van der Waals surface area contributed by atoms with Crippen molar-refractivity contribution >= 4 is 147 Å². The molecule has 7 heteroatoms. The van der Waals surface area contributed by atoms with Gasteiger partial charge in [-0.05, 0) is 253 Å². The molecular formula is C119H91B2N5. The molecule has 0 radical (unpaired) electrons. The Morgan fingerprint density at radius 2 is 0.643 bits per heavy atom. The van der Waals surface area contributed by atoms with Crippen LogP contribution in [0.1, 0.15) is 101 Å². The number of aromatic nitrogens is 1. The molecule has 0 unspecified atom stereocenters. The van der Waals surface area contributed by atoms with Crippen molar-refractivity contribution in [1.29, 1.82) is 0 Å². The second-order valence-electron chi connectivity index (χ2n) is 38.6. The van der Waals surface area contributed by atoms with Crippen LogP contribution in [0.3, 0.4) is 0 Å². The van der Waals surface area contributed by atoms with E-state index in [0.29, 0.717) is 0 Å². The van der Waals surface area contributed by atoms with E-state index in [1.807, 2.05) is 0 Å². The predicted molar refractivity (Wildman–Crippen MR) is 535 cm³/mol. The maximum Gasteiger partial charge on any atom is 0.252 e. The molecule has 5 nitrogen and oxygen atoms in total. The van der Waals surface area contributed by atoms with E-state index < -0.39 is 5.41 Å². The molecular weight excluding hydrogens is 1520 g/mol. The Morgan fingerprint density at radius 3 is 1.15 bits per heavy atom. The molecule has 6 aliphatic rings. The Labute approximate surface area is 738 Å². The summed E-state index contributed by atoms with van der Waals surface area (Å²) in [6, 6.07) is 150. The van der Waals surface area contributed by atoms with Gasteiger partial charge in [-0.15, -0.1) is 0 Å². The van der Waals surface area contributed by atoms with E-state index in [-0.39, 0.29) is 29.7 Å². The highest BCUT2D eigenvalue weighted by atomic mass is 15.2. The highest BCUT2D eigenvalue weighted by Gasteiger charge is 2.54. The largest absolute Gasteiger partial charge is 0.311 e. The van der Waals surface area contributed by atoms with Crippen molar-refractivity contribution in [2.24, 2.45) is 0 Å². The van der Waals surface area contributed by atoms with Crippen LogP contribution in [0.2, 0.25) is 0 Å².